The van der Waals surface area contributed by atoms with Crippen LogP contribution in [0.3, 0.4) is 0 Å². The van der Waals surface area contributed by atoms with Crippen molar-refractivity contribution in [3.8, 4) is 0 Å². The van der Waals surface area contributed by atoms with E-state index >= 15 is 0 Å². The van der Waals surface area contributed by atoms with Gasteiger partial charge in [0.2, 0.25) is 0 Å². The maximum Gasteiger partial charge on any atom is 0.00647 e. The molecule has 2 nitrogen and oxygen atoms in total. The fourth-order valence-electron chi connectivity index (χ4n) is 4.35. The highest BCUT2D eigenvalue weighted by Crippen LogP contribution is 2.44. The van der Waals surface area contributed by atoms with Gasteiger partial charge in [0, 0.05) is 6.04 Å². The lowest BCUT2D eigenvalue weighted by Gasteiger charge is -2.44. The first-order valence-electron chi connectivity index (χ1n) is 9.24. The Hall–Kier alpha value is -0.0800. The Morgan fingerprint density at radius 2 is 1.70 bits per heavy atom. The third-order valence-electron chi connectivity index (χ3n) is 5.84. The molecule has 2 fully saturated rings. The smallest absolute Gasteiger partial charge is 0.00647 e. The molecule has 1 aliphatic carbocycles. The van der Waals surface area contributed by atoms with Crippen molar-refractivity contribution < 1.29 is 0 Å². The molecular weight excluding hydrogens is 244 g/mol. The Morgan fingerprint density at radius 1 is 1.00 bits per heavy atom. The van der Waals surface area contributed by atoms with E-state index < -0.39 is 0 Å². The Morgan fingerprint density at radius 3 is 2.30 bits per heavy atom. The normalized spacial score (nSPS) is 24.9. The highest BCUT2D eigenvalue weighted by Gasteiger charge is 2.35. The molecule has 1 unspecified atom stereocenters. The summed E-state index contributed by atoms with van der Waals surface area (Å²) in [4.78, 5) is 2.73. The lowest BCUT2D eigenvalue weighted by Crippen LogP contribution is -2.41. The number of nitrogens with one attached hydrogen (secondary N) is 1. The van der Waals surface area contributed by atoms with Gasteiger partial charge in [-0.25, -0.2) is 0 Å². The predicted molar refractivity (Wildman–Crippen MR) is 88.2 cm³/mol. The van der Waals surface area contributed by atoms with Crippen LogP contribution in [0.15, 0.2) is 0 Å². The monoisotopic (exact) mass is 280 g/mol. The van der Waals surface area contributed by atoms with Crippen LogP contribution in [-0.2, 0) is 0 Å². The second-order valence-corrected chi connectivity index (χ2v) is 7.21. The van der Waals surface area contributed by atoms with Gasteiger partial charge in [0.1, 0.15) is 0 Å². The summed E-state index contributed by atoms with van der Waals surface area (Å²) in [6.45, 7) is 9.72. The minimum Gasteiger partial charge on any atom is -0.314 e. The number of hydrogen-bond acceptors (Lipinski definition) is 2. The Labute approximate surface area is 126 Å². The van der Waals surface area contributed by atoms with Crippen molar-refractivity contribution in [2.75, 3.05) is 26.2 Å². The zero-order valence-electron chi connectivity index (χ0n) is 13.9. The SMILES string of the molecule is CCNC(CC)CCCN1CCC2(CCCCC2)CC1. The van der Waals surface area contributed by atoms with Crippen LogP contribution in [0.4, 0.5) is 0 Å². The molecule has 0 bridgehead atoms. The van der Waals surface area contributed by atoms with Crippen LogP contribution in [0.25, 0.3) is 0 Å². The Bertz CT molecular complexity index is 248. The maximum atomic E-state index is 3.60. The molecule has 0 aromatic rings. The van der Waals surface area contributed by atoms with Crippen molar-refractivity contribution >= 4 is 0 Å². The minimum absolute atomic E-state index is 0.745. The van der Waals surface area contributed by atoms with Crippen LogP contribution in [-0.4, -0.2) is 37.1 Å². The molecule has 1 atom stereocenters. The van der Waals surface area contributed by atoms with Crippen molar-refractivity contribution in [3.05, 3.63) is 0 Å². The fourth-order valence-corrected chi connectivity index (χ4v) is 4.35. The summed E-state index contributed by atoms with van der Waals surface area (Å²) in [6.07, 6.45) is 14.5. The Kier molecular flexibility index (Phi) is 6.83. The Balaban J connectivity index is 1.62. The topological polar surface area (TPSA) is 15.3 Å². The molecule has 20 heavy (non-hydrogen) atoms. The van der Waals surface area contributed by atoms with Crippen LogP contribution in [0, 0.1) is 5.41 Å². The lowest BCUT2D eigenvalue weighted by molar-refractivity contribution is 0.0666. The van der Waals surface area contributed by atoms with Gasteiger partial charge in [-0.05, 0) is 76.5 Å². The zero-order chi connectivity index (χ0) is 14.3. The van der Waals surface area contributed by atoms with Gasteiger partial charge in [-0.1, -0.05) is 33.1 Å². The molecule has 0 amide bonds. The number of rotatable bonds is 7. The largest absolute Gasteiger partial charge is 0.314 e. The van der Waals surface area contributed by atoms with Crippen LogP contribution in [0.5, 0.6) is 0 Å². The first-order chi connectivity index (χ1) is 9.78. The number of likely N-dealkylation sites (tertiary alicyclic amines) is 1. The summed E-state index contributed by atoms with van der Waals surface area (Å²) < 4.78 is 0. The van der Waals surface area contributed by atoms with E-state index in [2.05, 4.69) is 24.1 Å². The van der Waals surface area contributed by atoms with Gasteiger partial charge in [-0.15, -0.1) is 0 Å². The van der Waals surface area contributed by atoms with Gasteiger partial charge in [-0.2, -0.15) is 0 Å². The van der Waals surface area contributed by atoms with Crippen molar-refractivity contribution in [2.45, 2.75) is 84.1 Å². The molecule has 118 valence electrons. The molecule has 1 aliphatic heterocycles. The number of piperidine rings is 1. The van der Waals surface area contributed by atoms with E-state index in [1.54, 1.807) is 0 Å². The standard InChI is InChI=1S/C18H36N2/c1-3-17(19-4-2)9-8-14-20-15-12-18(13-16-20)10-6-5-7-11-18/h17,19H,3-16H2,1-2H3. The molecule has 1 heterocycles. The van der Waals surface area contributed by atoms with E-state index in [0.717, 1.165) is 18.0 Å². The van der Waals surface area contributed by atoms with Crippen molar-refractivity contribution in [1.82, 2.24) is 10.2 Å². The molecule has 1 saturated carbocycles. The van der Waals surface area contributed by atoms with Crippen molar-refractivity contribution in [1.29, 1.82) is 0 Å². The summed E-state index contributed by atoms with van der Waals surface area (Å²) in [7, 11) is 0. The molecule has 2 heteroatoms. The molecule has 0 aromatic carbocycles. The predicted octanol–water partition coefficient (Wildman–Crippen LogP) is 4.20. The first kappa shape index (κ1) is 16.3. The van der Waals surface area contributed by atoms with Gasteiger partial charge in [0.05, 0.1) is 0 Å². The number of nitrogens with zero attached hydrogens (tertiary/aromatic N) is 1. The van der Waals surface area contributed by atoms with E-state index in [4.69, 9.17) is 0 Å². The van der Waals surface area contributed by atoms with Crippen LogP contribution >= 0.6 is 0 Å². The highest BCUT2D eigenvalue weighted by atomic mass is 15.1. The minimum atomic E-state index is 0.745. The van der Waals surface area contributed by atoms with E-state index in [1.165, 1.54) is 83.8 Å². The third kappa shape index (κ3) is 4.73. The maximum absolute atomic E-state index is 3.60. The third-order valence-corrected chi connectivity index (χ3v) is 5.84. The summed E-state index contributed by atoms with van der Waals surface area (Å²) >= 11 is 0. The van der Waals surface area contributed by atoms with E-state index in [0.29, 0.717) is 0 Å². The molecule has 1 saturated heterocycles. The van der Waals surface area contributed by atoms with E-state index in [-0.39, 0.29) is 0 Å². The number of hydrogen-bond donors (Lipinski definition) is 1. The molecule has 1 spiro atoms. The molecule has 2 aliphatic rings. The van der Waals surface area contributed by atoms with Gasteiger partial charge < -0.3 is 10.2 Å². The van der Waals surface area contributed by atoms with E-state index in [1.807, 2.05) is 0 Å². The molecule has 0 aromatic heterocycles. The second kappa shape index (κ2) is 8.38. The van der Waals surface area contributed by atoms with E-state index in [9.17, 15) is 0 Å². The molecule has 0 radical (unpaired) electrons. The van der Waals surface area contributed by atoms with Crippen LogP contribution < -0.4 is 5.32 Å². The molecule has 1 N–H and O–H groups in total. The average molecular weight is 280 g/mol. The summed E-state index contributed by atoms with van der Waals surface area (Å²) in [5, 5.41) is 3.60. The van der Waals surface area contributed by atoms with Crippen molar-refractivity contribution in [2.24, 2.45) is 5.41 Å². The van der Waals surface area contributed by atoms with Gasteiger partial charge in [0.15, 0.2) is 0 Å². The average Bonchev–Trinajstić information content (AvgIpc) is 2.49. The van der Waals surface area contributed by atoms with Crippen LogP contribution in [0.2, 0.25) is 0 Å². The highest BCUT2D eigenvalue weighted by molar-refractivity contribution is 4.88. The molecular formula is C18H36N2. The summed E-state index contributed by atoms with van der Waals surface area (Å²) in [6, 6.07) is 0.745. The quantitative estimate of drug-likeness (QED) is 0.752. The fraction of sp³-hybridized carbons (Fsp3) is 1.00. The summed E-state index contributed by atoms with van der Waals surface area (Å²) in [5.74, 6) is 0. The first-order valence-corrected chi connectivity index (χ1v) is 9.24. The second-order valence-electron chi connectivity index (χ2n) is 7.21. The van der Waals surface area contributed by atoms with Gasteiger partial charge in [-0.3, -0.25) is 0 Å². The van der Waals surface area contributed by atoms with Crippen molar-refractivity contribution in [3.63, 3.8) is 0 Å². The summed E-state index contributed by atoms with van der Waals surface area (Å²) in [5.41, 5.74) is 0.768. The molecule has 2 rings (SSSR count). The van der Waals surface area contributed by atoms with Gasteiger partial charge in [0.25, 0.3) is 0 Å². The lowest BCUT2D eigenvalue weighted by atomic mass is 9.68. The zero-order valence-corrected chi connectivity index (χ0v) is 13.9. The van der Waals surface area contributed by atoms with Crippen LogP contribution in [0.1, 0.15) is 78.1 Å². The van der Waals surface area contributed by atoms with Gasteiger partial charge >= 0.3 is 0 Å².